The van der Waals surface area contributed by atoms with E-state index in [4.69, 9.17) is 10.2 Å². The quantitative estimate of drug-likeness (QED) is 0.704. The van der Waals surface area contributed by atoms with Gasteiger partial charge in [0.2, 0.25) is 0 Å². The second-order valence-corrected chi connectivity index (χ2v) is 3.92. The Hall–Kier alpha value is -0.580. The van der Waals surface area contributed by atoms with Gasteiger partial charge in [-0.05, 0) is 39.4 Å². The van der Waals surface area contributed by atoms with Crippen LogP contribution in [-0.4, -0.2) is 46.8 Å². The number of carboxylic acid groups (broad SMARTS) is 1. The molecule has 0 spiro atoms. The van der Waals surface area contributed by atoms with Gasteiger partial charge in [-0.2, -0.15) is 0 Å². The molecule has 0 aliphatic rings. The number of hydrogen-bond acceptors (Lipinski definition) is 3. The van der Waals surface area contributed by atoms with Crippen molar-refractivity contribution in [3.63, 3.8) is 0 Å². The lowest BCUT2D eigenvalue weighted by Gasteiger charge is -2.13. The van der Waals surface area contributed by atoms with Crippen LogP contribution in [0.2, 0.25) is 0 Å². The summed E-state index contributed by atoms with van der Waals surface area (Å²) in [4.78, 5) is 12.5. The van der Waals surface area contributed by atoms with Crippen molar-refractivity contribution < 1.29 is 15.0 Å². The van der Waals surface area contributed by atoms with Gasteiger partial charge in [-0.3, -0.25) is 0 Å². The highest BCUT2D eigenvalue weighted by molar-refractivity contribution is 5.85. The monoisotopic (exact) mass is 281 g/mol. The molecular formula is C13H28ClNO3. The van der Waals surface area contributed by atoms with Crippen LogP contribution in [0, 0.1) is 0 Å². The smallest absolute Gasteiger partial charge is 0.330 e. The van der Waals surface area contributed by atoms with E-state index >= 15 is 0 Å². The van der Waals surface area contributed by atoms with Crippen molar-refractivity contribution in [1.29, 1.82) is 0 Å². The molecule has 0 bridgehead atoms. The third-order valence-corrected chi connectivity index (χ3v) is 2.51. The summed E-state index contributed by atoms with van der Waals surface area (Å²) in [5, 5.41) is 17.1. The Morgan fingerprint density at radius 3 is 1.78 bits per heavy atom. The van der Waals surface area contributed by atoms with Crippen molar-refractivity contribution in [2.24, 2.45) is 0 Å². The molecule has 0 saturated carbocycles. The van der Waals surface area contributed by atoms with Crippen LogP contribution in [-0.2, 0) is 4.79 Å². The Bertz CT molecular complexity index is 211. The van der Waals surface area contributed by atoms with Crippen LogP contribution in [0.15, 0.2) is 12.2 Å². The Morgan fingerprint density at radius 1 is 1.22 bits per heavy atom. The third-order valence-electron chi connectivity index (χ3n) is 2.51. The number of halogens is 1. The molecule has 0 aliphatic heterocycles. The average Bonchev–Trinajstić information content (AvgIpc) is 2.28. The molecule has 2 N–H and O–H groups in total. The summed E-state index contributed by atoms with van der Waals surface area (Å²) in [5.41, 5.74) is 0.154. The highest BCUT2D eigenvalue weighted by atomic mass is 35.5. The minimum absolute atomic E-state index is 0. The molecule has 110 valence electrons. The summed E-state index contributed by atoms with van der Waals surface area (Å²) in [5.74, 6) is -0.986. The predicted octanol–water partition coefficient (Wildman–Crippen LogP) is 2.56. The van der Waals surface area contributed by atoms with E-state index in [-0.39, 0.29) is 18.0 Å². The van der Waals surface area contributed by atoms with Crippen molar-refractivity contribution in [1.82, 2.24) is 4.90 Å². The number of carbonyl (C=O) groups is 1. The number of aliphatic hydroxyl groups excluding tert-OH is 1. The van der Waals surface area contributed by atoms with Crippen molar-refractivity contribution in [3.05, 3.63) is 12.2 Å². The lowest BCUT2D eigenvalue weighted by Crippen LogP contribution is -2.21. The van der Waals surface area contributed by atoms with E-state index in [0.29, 0.717) is 12.8 Å². The maximum absolute atomic E-state index is 10.1. The summed E-state index contributed by atoms with van der Waals surface area (Å²) in [6.45, 7) is 15.1. The summed E-state index contributed by atoms with van der Waals surface area (Å²) >= 11 is 0. The molecule has 0 aliphatic carbocycles. The van der Waals surface area contributed by atoms with Crippen LogP contribution < -0.4 is 0 Å². The van der Waals surface area contributed by atoms with Gasteiger partial charge in [-0.1, -0.05) is 27.4 Å². The fourth-order valence-corrected chi connectivity index (χ4v) is 1.16. The zero-order chi connectivity index (χ0) is 13.8. The highest BCUT2D eigenvalue weighted by Crippen LogP contribution is 2.04. The molecule has 0 rings (SSSR count). The second-order valence-electron chi connectivity index (χ2n) is 3.92. The van der Waals surface area contributed by atoms with Gasteiger partial charge in [-0.15, -0.1) is 12.4 Å². The Morgan fingerprint density at radius 2 is 1.61 bits per heavy atom. The van der Waals surface area contributed by atoms with Crippen LogP contribution in [0.25, 0.3) is 0 Å². The number of hydrogen-bond donors (Lipinski definition) is 2. The molecular weight excluding hydrogens is 254 g/mol. The zero-order valence-corrected chi connectivity index (χ0v) is 12.8. The molecule has 0 aromatic carbocycles. The molecule has 0 aromatic rings. The topological polar surface area (TPSA) is 60.8 Å². The van der Waals surface area contributed by atoms with Crippen LogP contribution >= 0.6 is 12.4 Å². The molecule has 0 fully saturated rings. The molecule has 5 heteroatoms. The normalized spacial score (nSPS) is 11.0. The SMILES string of the molecule is C=C(CCC(C)O)C(=O)O.CCN(CC)CC.Cl. The van der Waals surface area contributed by atoms with Gasteiger partial charge in [0.15, 0.2) is 0 Å². The van der Waals surface area contributed by atoms with Gasteiger partial charge < -0.3 is 15.1 Å². The Kier molecular flexibility index (Phi) is 18.2. The van der Waals surface area contributed by atoms with Crippen LogP contribution in [0.5, 0.6) is 0 Å². The van der Waals surface area contributed by atoms with Gasteiger partial charge in [-0.25, -0.2) is 4.79 Å². The maximum atomic E-state index is 10.1. The van der Waals surface area contributed by atoms with Crippen molar-refractivity contribution in [2.75, 3.05) is 19.6 Å². The number of rotatable bonds is 7. The summed E-state index contributed by atoms with van der Waals surface area (Å²) in [7, 11) is 0. The fraction of sp³-hybridized carbons (Fsp3) is 0.769. The van der Waals surface area contributed by atoms with E-state index in [0.717, 1.165) is 0 Å². The summed E-state index contributed by atoms with van der Waals surface area (Å²) in [6.07, 6.45) is 0.370. The fourth-order valence-electron chi connectivity index (χ4n) is 1.16. The van der Waals surface area contributed by atoms with Gasteiger partial charge in [0, 0.05) is 5.57 Å². The predicted molar refractivity (Wildman–Crippen MR) is 78.4 cm³/mol. The highest BCUT2D eigenvalue weighted by Gasteiger charge is 2.04. The van der Waals surface area contributed by atoms with Crippen LogP contribution in [0.3, 0.4) is 0 Å². The molecule has 4 nitrogen and oxygen atoms in total. The minimum Gasteiger partial charge on any atom is -0.478 e. The molecule has 1 atom stereocenters. The van der Waals surface area contributed by atoms with Crippen molar-refractivity contribution in [3.8, 4) is 0 Å². The number of carboxylic acids is 1. The van der Waals surface area contributed by atoms with Gasteiger partial charge in [0.05, 0.1) is 6.10 Å². The van der Waals surface area contributed by atoms with Gasteiger partial charge in [0.25, 0.3) is 0 Å². The van der Waals surface area contributed by atoms with E-state index in [1.165, 1.54) is 19.6 Å². The molecule has 1 unspecified atom stereocenters. The maximum Gasteiger partial charge on any atom is 0.330 e. The van der Waals surface area contributed by atoms with Crippen LogP contribution in [0.1, 0.15) is 40.5 Å². The molecule has 0 saturated heterocycles. The molecule has 0 amide bonds. The molecule has 18 heavy (non-hydrogen) atoms. The van der Waals surface area contributed by atoms with Crippen molar-refractivity contribution >= 4 is 18.4 Å². The van der Waals surface area contributed by atoms with Gasteiger partial charge in [0.1, 0.15) is 0 Å². The lowest BCUT2D eigenvalue weighted by atomic mass is 10.1. The first-order valence-electron chi connectivity index (χ1n) is 6.20. The standard InChI is InChI=1S/C7H12O3.C6H15N.ClH/c1-5(7(9)10)3-4-6(2)8;1-4-7(5-2)6-3;/h6,8H,1,3-4H2,2H3,(H,9,10);4-6H2,1-3H3;1H. The first-order valence-corrected chi connectivity index (χ1v) is 6.20. The second kappa shape index (κ2) is 14.5. The average molecular weight is 282 g/mol. The summed E-state index contributed by atoms with van der Waals surface area (Å²) < 4.78 is 0. The molecule has 0 radical (unpaired) electrons. The van der Waals surface area contributed by atoms with E-state index in [2.05, 4.69) is 32.3 Å². The number of nitrogens with zero attached hydrogens (tertiary/aromatic N) is 1. The van der Waals surface area contributed by atoms with Crippen molar-refractivity contribution in [2.45, 2.75) is 46.6 Å². The third kappa shape index (κ3) is 15.4. The largest absolute Gasteiger partial charge is 0.478 e. The molecule has 0 aromatic heterocycles. The van der Waals surface area contributed by atoms with Gasteiger partial charge >= 0.3 is 5.97 Å². The van der Waals surface area contributed by atoms with Crippen LogP contribution in [0.4, 0.5) is 0 Å². The van der Waals surface area contributed by atoms with E-state index < -0.39 is 12.1 Å². The minimum atomic E-state index is -0.986. The molecule has 0 heterocycles. The lowest BCUT2D eigenvalue weighted by molar-refractivity contribution is -0.132. The Balaban J connectivity index is -0.000000251. The first kappa shape index (κ1) is 22.6. The summed E-state index contributed by atoms with van der Waals surface area (Å²) in [6, 6.07) is 0. The number of aliphatic carboxylic acids is 1. The number of aliphatic hydroxyl groups is 1. The van der Waals surface area contributed by atoms with E-state index in [9.17, 15) is 4.79 Å². The zero-order valence-electron chi connectivity index (χ0n) is 12.0. The Labute approximate surface area is 117 Å². The van der Waals surface area contributed by atoms with E-state index in [1.807, 2.05) is 0 Å². The van der Waals surface area contributed by atoms with E-state index in [1.54, 1.807) is 6.92 Å². The first-order chi connectivity index (χ1) is 7.88.